The van der Waals surface area contributed by atoms with Crippen molar-refractivity contribution in [3.05, 3.63) is 42.5 Å². The summed E-state index contributed by atoms with van der Waals surface area (Å²) in [5, 5.41) is 3.26. The van der Waals surface area contributed by atoms with Gasteiger partial charge in [0, 0.05) is 36.1 Å². The molecule has 0 radical (unpaired) electrons. The maximum Gasteiger partial charge on any atom is 0.229 e. The van der Waals surface area contributed by atoms with Crippen LogP contribution in [0, 0.1) is 0 Å². The van der Waals surface area contributed by atoms with Crippen LogP contribution in [0.15, 0.2) is 47.4 Å². The monoisotopic (exact) mass is 337 g/mol. The molecule has 0 saturated carbocycles. The van der Waals surface area contributed by atoms with Gasteiger partial charge in [-0.05, 0) is 42.5 Å². The molecule has 0 heterocycles. The fourth-order valence-electron chi connectivity index (χ4n) is 1.91. The second kappa shape index (κ2) is 6.50. The van der Waals surface area contributed by atoms with Gasteiger partial charge in [0.15, 0.2) is 0 Å². The first-order valence-corrected chi connectivity index (χ1v) is 8.94. The standard InChI is InChI=1S/C15H19N3O2S2/c1-18(2)13-7-4-11(5-8-13)16-14-9-6-12(10-15(14)21)17-22(3,19)20/h4-10,16-17,21H,1-3H3. The van der Waals surface area contributed by atoms with Crippen LogP contribution in [-0.2, 0) is 10.0 Å². The van der Waals surface area contributed by atoms with Crippen molar-refractivity contribution in [3.8, 4) is 0 Å². The maximum absolute atomic E-state index is 11.2. The molecule has 0 saturated heterocycles. The molecule has 0 aromatic heterocycles. The van der Waals surface area contributed by atoms with E-state index in [4.69, 9.17) is 0 Å². The number of sulfonamides is 1. The van der Waals surface area contributed by atoms with Gasteiger partial charge in [-0.2, -0.15) is 0 Å². The average Bonchev–Trinajstić information content (AvgIpc) is 2.40. The van der Waals surface area contributed by atoms with Crippen LogP contribution in [0.5, 0.6) is 0 Å². The largest absolute Gasteiger partial charge is 0.378 e. The van der Waals surface area contributed by atoms with Gasteiger partial charge in [0.25, 0.3) is 0 Å². The van der Waals surface area contributed by atoms with E-state index < -0.39 is 10.0 Å². The van der Waals surface area contributed by atoms with Gasteiger partial charge in [-0.15, -0.1) is 12.6 Å². The van der Waals surface area contributed by atoms with Crippen LogP contribution in [0.3, 0.4) is 0 Å². The molecule has 0 aliphatic heterocycles. The zero-order valence-electron chi connectivity index (χ0n) is 12.7. The number of anilines is 4. The zero-order chi connectivity index (χ0) is 16.3. The summed E-state index contributed by atoms with van der Waals surface area (Å²) in [6.07, 6.45) is 1.11. The molecule has 0 atom stereocenters. The van der Waals surface area contributed by atoms with Gasteiger partial charge >= 0.3 is 0 Å². The smallest absolute Gasteiger partial charge is 0.229 e. The molecular formula is C15H19N3O2S2. The van der Waals surface area contributed by atoms with E-state index in [1.807, 2.05) is 43.3 Å². The summed E-state index contributed by atoms with van der Waals surface area (Å²) in [6, 6.07) is 13.1. The number of benzene rings is 2. The fraction of sp³-hybridized carbons (Fsp3) is 0.200. The molecule has 0 aliphatic rings. The van der Waals surface area contributed by atoms with Crippen molar-refractivity contribution in [2.75, 3.05) is 35.3 Å². The summed E-state index contributed by atoms with van der Waals surface area (Å²) in [5.41, 5.74) is 3.34. The third-order valence-electron chi connectivity index (χ3n) is 2.96. The molecule has 2 aromatic rings. The molecule has 7 heteroatoms. The fourth-order valence-corrected chi connectivity index (χ4v) is 2.74. The van der Waals surface area contributed by atoms with Crippen molar-refractivity contribution in [1.29, 1.82) is 0 Å². The van der Waals surface area contributed by atoms with Crippen LogP contribution < -0.4 is 14.9 Å². The highest BCUT2D eigenvalue weighted by molar-refractivity contribution is 7.92. The number of rotatable bonds is 5. The Morgan fingerprint density at radius 3 is 2.09 bits per heavy atom. The van der Waals surface area contributed by atoms with Gasteiger partial charge in [0.1, 0.15) is 0 Å². The topological polar surface area (TPSA) is 61.4 Å². The van der Waals surface area contributed by atoms with E-state index in [1.165, 1.54) is 0 Å². The predicted octanol–water partition coefficient (Wildman–Crippen LogP) is 3.16. The van der Waals surface area contributed by atoms with Gasteiger partial charge in [0.2, 0.25) is 10.0 Å². The van der Waals surface area contributed by atoms with E-state index in [2.05, 4.69) is 22.7 Å². The first-order chi connectivity index (χ1) is 10.2. The number of thiol groups is 1. The highest BCUT2D eigenvalue weighted by Crippen LogP contribution is 2.28. The van der Waals surface area contributed by atoms with Crippen molar-refractivity contribution in [2.24, 2.45) is 0 Å². The van der Waals surface area contributed by atoms with Gasteiger partial charge in [-0.1, -0.05) is 0 Å². The Balaban J connectivity index is 2.16. The lowest BCUT2D eigenvalue weighted by Crippen LogP contribution is -2.09. The van der Waals surface area contributed by atoms with Gasteiger partial charge in [0.05, 0.1) is 11.9 Å². The predicted molar refractivity (Wildman–Crippen MR) is 96.2 cm³/mol. The second-order valence-corrected chi connectivity index (χ2v) is 7.40. The molecule has 0 amide bonds. The maximum atomic E-state index is 11.2. The summed E-state index contributed by atoms with van der Waals surface area (Å²) in [7, 11) is 0.688. The SMILES string of the molecule is CN(C)c1ccc(Nc2ccc(NS(C)(=O)=O)cc2S)cc1. The zero-order valence-corrected chi connectivity index (χ0v) is 14.4. The minimum atomic E-state index is -3.29. The highest BCUT2D eigenvalue weighted by atomic mass is 32.2. The molecule has 118 valence electrons. The molecule has 2 aromatic carbocycles. The molecule has 0 unspecified atom stereocenters. The lowest BCUT2D eigenvalue weighted by atomic mass is 10.2. The van der Waals surface area contributed by atoms with E-state index in [9.17, 15) is 8.42 Å². The minimum Gasteiger partial charge on any atom is -0.378 e. The van der Waals surface area contributed by atoms with Crippen molar-refractivity contribution in [1.82, 2.24) is 0 Å². The third kappa shape index (κ3) is 4.57. The third-order valence-corrected chi connectivity index (χ3v) is 3.94. The summed E-state index contributed by atoms with van der Waals surface area (Å²) < 4.78 is 24.9. The number of nitrogens with one attached hydrogen (secondary N) is 2. The lowest BCUT2D eigenvalue weighted by Gasteiger charge is -2.14. The van der Waals surface area contributed by atoms with Crippen LogP contribution in [0.4, 0.5) is 22.7 Å². The van der Waals surface area contributed by atoms with Crippen molar-refractivity contribution < 1.29 is 8.42 Å². The Morgan fingerprint density at radius 1 is 1.00 bits per heavy atom. The Morgan fingerprint density at radius 2 is 1.59 bits per heavy atom. The quantitative estimate of drug-likeness (QED) is 0.734. The molecule has 0 fully saturated rings. The van der Waals surface area contributed by atoms with Gasteiger partial charge in [-0.3, -0.25) is 4.72 Å². The highest BCUT2D eigenvalue weighted by Gasteiger charge is 2.05. The Hall–Kier alpha value is -1.86. The van der Waals surface area contributed by atoms with Crippen LogP contribution >= 0.6 is 12.6 Å². The molecular weight excluding hydrogens is 318 g/mol. The van der Waals surface area contributed by atoms with Gasteiger partial charge in [-0.25, -0.2) is 8.42 Å². The van der Waals surface area contributed by atoms with Crippen LogP contribution in [0.25, 0.3) is 0 Å². The van der Waals surface area contributed by atoms with Gasteiger partial charge < -0.3 is 10.2 Å². The number of hydrogen-bond acceptors (Lipinski definition) is 5. The van der Waals surface area contributed by atoms with Crippen LogP contribution in [0.2, 0.25) is 0 Å². The van der Waals surface area contributed by atoms with E-state index in [0.29, 0.717) is 10.6 Å². The molecule has 0 aliphatic carbocycles. The minimum absolute atomic E-state index is 0.487. The molecule has 22 heavy (non-hydrogen) atoms. The summed E-state index contributed by atoms with van der Waals surface area (Å²) in [5.74, 6) is 0. The molecule has 0 bridgehead atoms. The van der Waals surface area contributed by atoms with Crippen LogP contribution in [0.1, 0.15) is 0 Å². The molecule has 2 rings (SSSR count). The second-order valence-electron chi connectivity index (χ2n) is 5.17. The van der Waals surface area contributed by atoms with Crippen molar-refractivity contribution in [3.63, 3.8) is 0 Å². The van der Waals surface area contributed by atoms with Crippen molar-refractivity contribution in [2.45, 2.75) is 4.90 Å². The normalized spacial score (nSPS) is 11.1. The van der Waals surface area contributed by atoms with Crippen molar-refractivity contribution >= 4 is 45.4 Å². The lowest BCUT2D eigenvalue weighted by molar-refractivity contribution is 0.607. The van der Waals surface area contributed by atoms with Crippen LogP contribution in [-0.4, -0.2) is 28.8 Å². The summed E-state index contributed by atoms with van der Waals surface area (Å²) >= 11 is 4.39. The number of hydrogen-bond donors (Lipinski definition) is 3. The molecule has 2 N–H and O–H groups in total. The average molecular weight is 337 g/mol. The Bertz CT molecular complexity index is 757. The van der Waals surface area contributed by atoms with E-state index >= 15 is 0 Å². The summed E-state index contributed by atoms with van der Waals surface area (Å²) in [4.78, 5) is 2.68. The molecule has 0 spiro atoms. The van der Waals surface area contributed by atoms with E-state index in [-0.39, 0.29) is 0 Å². The Kier molecular flexibility index (Phi) is 4.87. The van der Waals surface area contributed by atoms with E-state index in [1.54, 1.807) is 18.2 Å². The summed E-state index contributed by atoms with van der Waals surface area (Å²) in [6.45, 7) is 0. The number of nitrogens with zero attached hydrogens (tertiary/aromatic N) is 1. The van der Waals surface area contributed by atoms with E-state index in [0.717, 1.165) is 23.3 Å². The first-order valence-electron chi connectivity index (χ1n) is 6.60. The molecule has 5 nitrogen and oxygen atoms in total. The first kappa shape index (κ1) is 16.5. The Labute approximate surface area is 136 Å².